The second-order valence-corrected chi connectivity index (χ2v) is 7.16. The molecule has 4 rings (SSSR count). The van der Waals surface area contributed by atoms with Crippen LogP contribution in [0.1, 0.15) is 33.7 Å². The predicted octanol–water partition coefficient (Wildman–Crippen LogP) is 4.38. The Kier molecular flexibility index (Phi) is 5.38. The summed E-state index contributed by atoms with van der Waals surface area (Å²) in [6.45, 7) is 4.51. The lowest BCUT2D eigenvalue weighted by Gasteiger charge is -2.09. The van der Waals surface area contributed by atoms with Crippen LogP contribution in [0.2, 0.25) is 0 Å². The van der Waals surface area contributed by atoms with Gasteiger partial charge in [0.1, 0.15) is 0 Å². The number of rotatable bonds is 6. The summed E-state index contributed by atoms with van der Waals surface area (Å²) in [7, 11) is 0. The van der Waals surface area contributed by atoms with Gasteiger partial charge in [-0.3, -0.25) is 4.79 Å². The second kappa shape index (κ2) is 8.27. The van der Waals surface area contributed by atoms with Gasteiger partial charge < -0.3 is 5.32 Å². The van der Waals surface area contributed by atoms with E-state index in [1.807, 2.05) is 62.4 Å². The Morgan fingerprint density at radius 3 is 2.41 bits per heavy atom. The fourth-order valence-corrected chi connectivity index (χ4v) is 3.60. The Morgan fingerprint density at radius 2 is 1.69 bits per heavy atom. The first-order valence-corrected chi connectivity index (χ1v) is 9.87. The number of fused-ring (bicyclic) bond motifs is 1. The molecule has 2 aromatic heterocycles. The van der Waals surface area contributed by atoms with Crippen molar-refractivity contribution in [3.05, 3.63) is 89.4 Å². The molecule has 2 aromatic carbocycles. The Hall–Kier alpha value is -3.47. The normalized spacial score (nSPS) is 11.0. The Morgan fingerprint density at radius 1 is 1.00 bits per heavy atom. The van der Waals surface area contributed by atoms with Crippen LogP contribution in [0.4, 0.5) is 0 Å². The number of amides is 1. The maximum atomic E-state index is 12.7. The van der Waals surface area contributed by atoms with Crippen molar-refractivity contribution in [2.45, 2.75) is 26.7 Å². The lowest BCUT2D eigenvalue weighted by Crippen LogP contribution is -2.26. The maximum Gasteiger partial charge on any atom is 0.254 e. The third-order valence-electron chi connectivity index (χ3n) is 5.14. The molecule has 0 aliphatic rings. The number of carbonyl (C=O) groups excluding carboxylic acids is 1. The van der Waals surface area contributed by atoms with E-state index in [9.17, 15) is 4.79 Å². The van der Waals surface area contributed by atoms with Crippen molar-refractivity contribution in [3.63, 3.8) is 0 Å². The largest absolute Gasteiger partial charge is 0.352 e. The monoisotopic (exact) mass is 384 g/mol. The van der Waals surface area contributed by atoms with Crippen molar-refractivity contribution in [1.82, 2.24) is 19.9 Å². The molecule has 146 valence electrons. The molecule has 0 spiro atoms. The molecule has 5 heteroatoms. The van der Waals surface area contributed by atoms with E-state index in [1.54, 1.807) is 10.7 Å². The molecule has 0 atom stereocenters. The highest BCUT2D eigenvalue weighted by Crippen LogP contribution is 2.27. The van der Waals surface area contributed by atoms with E-state index < -0.39 is 0 Å². The Labute approximate surface area is 170 Å². The zero-order chi connectivity index (χ0) is 20.2. The summed E-state index contributed by atoms with van der Waals surface area (Å²) < 4.78 is 1.77. The minimum Gasteiger partial charge on any atom is -0.352 e. The number of benzene rings is 2. The van der Waals surface area contributed by atoms with E-state index in [1.165, 1.54) is 5.56 Å². The van der Waals surface area contributed by atoms with Crippen molar-refractivity contribution in [2.75, 3.05) is 6.54 Å². The van der Waals surface area contributed by atoms with Crippen molar-refractivity contribution in [2.24, 2.45) is 0 Å². The summed E-state index contributed by atoms with van der Waals surface area (Å²) in [6, 6.07) is 20.4. The van der Waals surface area contributed by atoms with E-state index in [0.717, 1.165) is 41.0 Å². The van der Waals surface area contributed by atoms with Gasteiger partial charge in [0.2, 0.25) is 0 Å². The van der Waals surface area contributed by atoms with Gasteiger partial charge in [0.25, 0.3) is 5.91 Å². The zero-order valence-corrected chi connectivity index (χ0v) is 16.7. The van der Waals surface area contributed by atoms with Crippen molar-refractivity contribution < 1.29 is 4.79 Å². The van der Waals surface area contributed by atoms with Crippen LogP contribution in [0.5, 0.6) is 0 Å². The number of hydrogen-bond acceptors (Lipinski definition) is 3. The summed E-state index contributed by atoms with van der Waals surface area (Å²) in [5.41, 5.74) is 6.37. The predicted molar refractivity (Wildman–Crippen MR) is 115 cm³/mol. The molecule has 29 heavy (non-hydrogen) atoms. The van der Waals surface area contributed by atoms with Crippen LogP contribution in [-0.4, -0.2) is 27.0 Å². The standard InChI is InChI=1S/C24H24N4O/c1-17-22(20-13-7-4-8-14-20)23-26-16-21(18(2)28(23)27-17)24(29)25-15-9-12-19-10-5-3-6-11-19/h3-8,10-11,13-14,16H,9,12,15H2,1-2H3,(H,25,29). The molecular weight excluding hydrogens is 360 g/mol. The van der Waals surface area contributed by atoms with Crippen LogP contribution >= 0.6 is 0 Å². The second-order valence-electron chi connectivity index (χ2n) is 7.16. The quantitative estimate of drug-likeness (QED) is 0.502. The van der Waals surface area contributed by atoms with Crippen LogP contribution in [0, 0.1) is 13.8 Å². The number of aromatic nitrogens is 3. The molecule has 4 aromatic rings. The van der Waals surface area contributed by atoms with Gasteiger partial charge >= 0.3 is 0 Å². The van der Waals surface area contributed by atoms with Crippen LogP contribution in [-0.2, 0) is 6.42 Å². The van der Waals surface area contributed by atoms with Gasteiger partial charge in [-0.1, -0.05) is 60.7 Å². The highest BCUT2D eigenvalue weighted by Gasteiger charge is 2.18. The minimum absolute atomic E-state index is 0.112. The van der Waals surface area contributed by atoms with E-state index in [4.69, 9.17) is 0 Å². The molecule has 0 saturated carbocycles. The van der Waals surface area contributed by atoms with E-state index >= 15 is 0 Å². The highest BCUT2D eigenvalue weighted by atomic mass is 16.1. The fraction of sp³-hybridized carbons (Fsp3) is 0.208. The number of nitrogens with one attached hydrogen (secondary N) is 1. The number of aryl methyl sites for hydroxylation is 3. The first-order chi connectivity index (χ1) is 14.1. The lowest BCUT2D eigenvalue weighted by molar-refractivity contribution is 0.0951. The van der Waals surface area contributed by atoms with Crippen molar-refractivity contribution in [1.29, 1.82) is 0 Å². The molecule has 5 nitrogen and oxygen atoms in total. The van der Waals surface area contributed by atoms with Crippen molar-refractivity contribution in [3.8, 4) is 11.1 Å². The number of nitrogens with zero attached hydrogens (tertiary/aromatic N) is 3. The fourth-order valence-electron chi connectivity index (χ4n) is 3.60. The van der Waals surface area contributed by atoms with E-state index in [0.29, 0.717) is 12.1 Å². The zero-order valence-electron chi connectivity index (χ0n) is 16.7. The summed E-state index contributed by atoms with van der Waals surface area (Å²) in [5.74, 6) is -0.112. The van der Waals surface area contributed by atoms with E-state index in [-0.39, 0.29) is 5.91 Å². The lowest BCUT2D eigenvalue weighted by atomic mass is 10.1. The van der Waals surface area contributed by atoms with Gasteiger partial charge in [0, 0.05) is 18.3 Å². The van der Waals surface area contributed by atoms with Crippen LogP contribution in [0.3, 0.4) is 0 Å². The van der Waals surface area contributed by atoms with Crippen molar-refractivity contribution >= 4 is 11.6 Å². The minimum atomic E-state index is -0.112. The molecule has 1 amide bonds. The van der Waals surface area contributed by atoms with Gasteiger partial charge in [0.15, 0.2) is 5.65 Å². The van der Waals surface area contributed by atoms with Gasteiger partial charge in [-0.05, 0) is 37.8 Å². The molecular formula is C24H24N4O. The van der Waals surface area contributed by atoms with Gasteiger partial charge in [0.05, 0.1) is 17.0 Å². The molecule has 0 aliphatic heterocycles. The summed E-state index contributed by atoms with van der Waals surface area (Å²) >= 11 is 0. The molecule has 0 bridgehead atoms. The molecule has 0 saturated heterocycles. The molecule has 0 unspecified atom stereocenters. The number of carbonyl (C=O) groups is 1. The molecule has 0 radical (unpaired) electrons. The van der Waals surface area contributed by atoms with Crippen LogP contribution < -0.4 is 5.32 Å². The molecule has 0 aliphatic carbocycles. The average molecular weight is 384 g/mol. The summed E-state index contributed by atoms with van der Waals surface area (Å²) in [6.07, 6.45) is 3.49. The van der Waals surface area contributed by atoms with Gasteiger partial charge in [-0.2, -0.15) is 5.10 Å². The first kappa shape index (κ1) is 18.9. The maximum absolute atomic E-state index is 12.7. The Bertz CT molecular complexity index is 1130. The third kappa shape index (κ3) is 3.90. The average Bonchev–Trinajstić information content (AvgIpc) is 3.09. The first-order valence-electron chi connectivity index (χ1n) is 9.87. The SMILES string of the molecule is Cc1nn2c(C)c(C(=O)NCCCc3ccccc3)cnc2c1-c1ccccc1. The Balaban J connectivity index is 1.51. The molecule has 2 heterocycles. The van der Waals surface area contributed by atoms with Gasteiger partial charge in [-0.15, -0.1) is 0 Å². The number of hydrogen-bond donors (Lipinski definition) is 1. The smallest absolute Gasteiger partial charge is 0.254 e. The highest BCUT2D eigenvalue weighted by molar-refractivity contribution is 5.95. The van der Waals surface area contributed by atoms with Crippen LogP contribution in [0.25, 0.3) is 16.8 Å². The molecule has 0 fully saturated rings. The van der Waals surface area contributed by atoms with Crippen LogP contribution in [0.15, 0.2) is 66.9 Å². The summed E-state index contributed by atoms with van der Waals surface area (Å²) in [5, 5.41) is 7.65. The van der Waals surface area contributed by atoms with E-state index in [2.05, 4.69) is 27.5 Å². The summed E-state index contributed by atoms with van der Waals surface area (Å²) in [4.78, 5) is 17.3. The molecule has 1 N–H and O–H groups in total. The van der Waals surface area contributed by atoms with Gasteiger partial charge in [-0.25, -0.2) is 9.50 Å². The topological polar surface area (TPSA) is 59.3 Å². The third-order valence-corrected chi connectivity index (χ3v) is 5.14.